The molecule has 6 nitrogen and oxygen atoms in total. The van der Waals surface area contributed by atoms with Crippen LogP contribution in [0.25, 0.3) is 22.5 Å². The lowest BCUT2D eigenvalue weighted by Crippen LogP contribution is -2.24. The highest BCUT2D eigenvalue weighted by Gasteiger charge is 2.52. The first-order valence-electron chi connectivity index (χ1n) is 13.7. The van der Waals surface area contributed by atoms with Crippen molar-refractivity contribution in [1.29, 1.82) is 0 Å². The summed E-state index contributed by atoms with van der Waals surface area (Å²) in [6.07, 6.45) is 11.8. The Morgan fingerprint density at radius 3 is 2.36 bits per heavy atom. The van der Waals surface area contributed by atoms with E-state index in [4.69, 9.17) is 9.26 Å². The molecule has 1 fully saturated rings. The summed E-state index contributed by atoms with van der Waals surface area (Å²) < 4.78 is 11.0. The van der Waals surface area contributed by atoms with Crippen LogP contribution in [0.5, 0.6) is 0 Å². The van der Waals surface area contributed by atoms with E-state index in [0.717, 1.165) is 52.8 Å². The van der Waals surface area contributed by atoms with Gasteiger partial charge in [-0.3, -0.25) is 9.59 Å². The number of carbonyl (C=O) groups is 2. The molecule has 3 aliphatic rings. The highest BCUT2D eigenvalue weighted by Crippen LogP contribution is 2.49. The maximum Gasteiger partial charge on any atom is 0.316 e. The van der Waals surface area contributed by atoms with Gasteiger partial charge in [0.2, 0.25) is 5.91 Å². The standard InChI is InChI=1S/C33H32N2O4/c1-3-38-32(37)33(18-19-33)28-14-12-24(13-15-28)23-8-10-25(11-9-23)31-29(22(2)34-39-31)16-17-30(36)35-20-26-6-4-5-7-27(26)21-35/h4-6,8-15,21H,3,7,16-20H2,1-2H3. The maximum atomic E-state index is 13.0. The van der Waals surface area contributed by atoms with Gasteiger partial charge >= 0.3 is 5.97 Å². The molecule has 39 heavy (non-hydrogen) atoms. The van der Waals surface area contributed by atoms with E-state index in [9.17, 15) is 9.59 Å². The van der Waals surface area contributed by atoms with E-state index >= 15 is 0 Å². The quantitative estimate of drug-likeness (QED) is 0.319. The summed E-state index contributed by atoms with van der Waals surface area (Å²) in [6.45, 7) is 4.83. The molecule has 2 aliphatic carbocycles. The third-order valence-corrected chi connectivity index (χ3v) is 8.06. The van der Waals surface area contributed by atoms with Crippen molar-refractivity contribution in [2.45, 2.75) is 51.4 Å². The van der Waals surface area contributed by atoms with Gasteiger partial charge in [0.1, 0.15) is 0 Å². The van der Waals surface area contributed by atoms with Crippen molar-refractivity contribution in [3.8, 4) is 22.5 Å². The topological polar surface area (TPSA) is 72.6 Å². The molecule has 2 heterocycles. The van der Waals surface area contributed by atoms with Gasteiger partial charge in [-0.2, -0.15) is 0 Å². The molecule has 3 aromatic rings. The third-order valence-electron chi connectivity index (χ3n) is 8.06. The Morgan fingerprint density at radius 1 is 1.00 bits per heavy atom. The fourth-order valence-electron chi connectivity index (χ4n) is 5.57. The number of ether oxygens (including phenoxy) is 1. The first-order valence-corrected chi connectivity index (χ1v) is 13.7. The van der Waals surface area contributed by atoms with E-state index in [1.54, 1.807) is 0 Å². The van der Waals surface area contributed by atoms with Gasteiger partial charge in [-0.15, -0.1) is 0 Å². The number of aromatic nitrogens is 1. The number of benzene rings is 2. The number of allylic oxidation sites excluding steroid dienone is 3. The van der Waals surface area contributed by atoms with Gasteiger partial charge in [-0.05, 0) is 67.4 Å². The predicted molar refractivity (Wildman–Crippen MR) is 150 cm³/mol. The Hall–Kier alpha value is -4.19. The van der Waals surface area contributed by atoms with Gasteiger partial charge in [-0.1, -0.05) is 71.9 Å². The number of amides is 1. The average Bonchev–Trinajstić information content (AvgIpc) is 3.53. The largest absolute Gasteiger partial charge is 0.465 e. The Morgan fingerprint density at radius 2 is 1.69 bits per heavy atom. The second kappa shape index (κ2) is 10.2. The lowest BCUT2D eigenvalue weighted by atomic mass is 9.93. The van der Waals surface area contributed by atoms with Crippen LogP contribution >= 0.6 is 0 Å². The number of nitrogens with zero attached hydrogens (tertiary/aromatic N) is 2. The number of carbonyl (C=O) groups excluding carboxylic acids is 2. The van der Waals surface area contributed by atoms with Crippen molar-refractivity contribution in [2.24, 2.45) is 0 Å². The molecule has 0 saturated heterocycles. The van der Waals surface area contributed by atoms with Crippen molar-refractivity contribution in [2.75, 3.05) is 13.2 Å². The van der Waals surface area contributed by atoms with Crippen molar-refractivity contribution < 1.29 is 18.8 Å². The monoisotopic (exact) mass is 520 g/mol. The molecule has 0 unspecified atom stereocenters. The Balaban J connectivity index is 1.13. The van der Waals surface area contributed by atoms with Crippen LogP contribution in [0.1, 0.15) is 49.4 Å². The molecule has 1 aliphatic heterocycles. The van der Waals surface area contributed by atoms with E-state index in [1.807, 2.05) is 49.2 Å². The molecule has 6 heteroatoms. The highest BCUT2D eigenvalue weighted by atomic mass is 16.5. The average molecular weight is 521 g/mol. The zero-order valence-corrected chi connectivity index (χ0v) is 22.4. The number of hydrogen-bond donors (Lipinski definition) is 0. The van der Waals surface area contributed by atoms with Crippen molar-refractivity contribution in [3.63, 3.8) is 0 Å². The molecular formula is C33H32N2O4. The van der Waals surface area contributed by atoms with E-state index in [2.05, 4.69) is 47.7 Å². The van der Waals surface area contributed by atoms with Crippen LogP contribution in [0.15, 0.2) is 88.6 Å². The molecule has 6 rings (SSSR count). The minimum Gasteiger partial charge on any atom is -0.465 e. The maximum absolute atomic E-state index is 13.0. The zero-order chi connectivity index (χ0) is 27.0. The van der Waals surface area contributed by atoms with E-state index in [1.165, 1.54) is 11.1 Å². The van der Waals surface area contributed by atoms with Crippen LogP contribution in [-0.4, -0.2) is 35.1 Å². The smallest absolute Gasteiger partial charge is 0.316 e. The summed E-state index contributed by atoms with van der Waals surface area (Å²) in [5.41, 5.74) is 7.90. The Bertz CT molecular complexity index is 1500. The summed E-state index contributed by atoms with van der Waals surface area (Å²) in [6, 6.07) is 16.4. The molecule has 0 spiro atoms. The Labute approximate surface area is 228 Å². The van der Waals surface area contributed by atoms with Gasteiger partial charge in [0.05, 0.1) is 24.3 Å². The lowest BCUT2D eigenvalue weighted by molar-refractivity contribution is -0.146. The summed E-state index contributed by atoms with van der Waals surface area (Å²) >= 11 is 0. The summed E-state index contributed by atoms with van der Waals surface area (Å²) in [4.78, 5) is 27.2. The van der Waals surface area contributed by atoms with Crippen molar-refractivity contribution in [3.05, 3.63) is 101 Å². The summed E-state index contributed by atoms with van der Waals surface area (Å²) in [7, 11) is 0. The predicted octanol–water partition coefficient (Wildman–Crippen LogP) is 6.46. The molecule has 0 atom stereocenters. The van der Waals surface area contributed by atoms with Gasteiger partial charge in [0, 0.05) is 23.7 Å². The normalized spacial score (nSPS) is 16.9. The van der Waals surface area contributed by atoms with Crippen LogP contribution in [0.3, 0.4) is 0 Å². The number of esters is 1. The number of rotatable bonds is 8. The molecule has 1 saturated carbocycles. The van der Waals surface area contributed by atoms with Gasteiger partial charge in [0.15, 0.2) is 5.76 Å². The van der Waals surface area contributed by atoms with Crippen LogP contribution in [0.2, 0.25) is 0 Å². The van der Waals surface area contributed by atoms with Crippen LogP contribution in [0, 0.1) is 6.92 Å². The van der Waals surface area contributed by atoms with E-state index < -0.39 is 5.41 Å². The molecule has 1 aromatic heterocycles. The second-order valence-electron chi connectivity index (χ2n) is 10.5. The van der Waals surface area contributed by atoms with E-state index in [-0.39, 0.29) is 11.9 Å². The number of hydrogen-bond acceptors (Lipinski definition) is 5. The SMILES string of the molecule is CCOC(=O)C1(c2ccc(-c3ccc(-c4onc(C)c4CCC(=O)N4C=C5CC=CC=C5C4)cc3)cc2)CC1. The molecule has 1 amide bonds. The highest BCUT2D eigenvalue weighted by molar-refractivity contribution is 5.87. The van der Waals surface area contributed by atoms with Crippen LogP contribution in [0.4, 0.5) is 0 Å². The molecule has 0 N–H and O–H groups in total. The van der Waals surface area contributed by atoms with Gasteiger partial charge in [-0.25, -0.2) is 0 Å². The Kier molecular flexibility index (Phi) is 6.55. The van der Waals surface area contributed by atoms with Crippen LogP contribution < -0.4 is 0 Å². The first-order chi connectivity index (χ1) is 19.0. The first kappa shape index (κ1) is 25.1. The zero-order valence-electron chi connectivity index (χ0n) is 22.4. The number of fused-ring (bicyclic) bond motifs is 1. The van der Waals surface area contributed by atoms with Gasteiger partial charge < -0.3 is 14.2 Å². The molecule has 0 bridgehead atoms. The second-order valence-corrected chi connectivity index (χ2v) is 10.5. The molecule has 0 radical (unpaired) electrons. The fraction of sp³-hybridized carbons (Fsp3) is 0.303. The lowest BCUT2D eigenvalue weighted by Gasteiger charge is -2.15. The fourth-order valence-corrected chi connectivity index (χ4v) is 5.57. The minimum absolute atomic E-state index is 0.110. The number of aryl methyl sites for hydroxylation is 1. The molecule has 2 aromatic carbocycles. The van der Waals surface area contributed by atoms with E-state index in [0.29, 0.717) is 31.8 Å². The molecular weight excluding hydrogens is 488 g/mol. The van der Waals surface area contributed by atoms with Crippen molar-refractivity contribution in [1.82, 2.24) is 10.1 Å². The minimum atomic E-state index is -0.460. The van der Waals surface area contributed by atoms with Crippen LogP contribution in [-0.2, 0) is 26.2 Å². The third kappa shape index (κ3) is 4.76. The van der Waals surface area contributed by atoms with Gasteiger partial charge in [0.25, 0.3) is 0 Å². The summed E-state index contributed by atoms with van der Waals surface area (Å²) in [5, 5.41) is 4.21. The molecule has 198 valence electrons. The summed E-state index contributed by atoms with van der Waals surface area (Å²) in [5.74, 6) is 0.707. The van der Waals surface area contributed by atoms with Crippen molar-refractivity contribution >= 4 is 11.9 Å².